The fraction of sp³-hybridized carbons (Fsp3) is 0.156. The standard InChI is InChI=1S/C32H30N4O5S/c1-38-27-12-8-7-11-26(27)33-31(37)21-42-32-35-34-30(20-22-13-18-28(39-2)29(19-22)40-3)36(32)23-14-16-25(17-15-23)41-24-9-5-4-6-10-24/h4-19H,20-21H2,1-3H3,(H,33,37). The molecule has 42 heavy (non-hydrogen) atoms. The topological polar surface area (TPSA) is 96.7 Å². The average Bonchev–Trinajstić information content (AvgIpc) is 3.43. The normalized spacial score (nSPS) is 10.6. The van der Waals surface area contributed by atoms with Crippen LogP contribution >= 0.6 is 11.8 Å². The second-order valence-electron chi connectivity index (χ2n) is 9.05. The van der Waals surface area contributed by atoms with Crippen molar-refractivity contribution in [2.75, 3.05) is 32.4 Å². The lowest BCUT2D eigenvalue weighted by atomic mass is 10.1. The molecular weight excluding hydrogens is 552 g/mol. The third kappa shape index (κ3) is 6.84. The zero-order chi connectivity index (χ0) is 29.3. The van der Waals surface area contributed by atoms with Crippen LogP contribution in [0.1, 0.15) is 11.4 Å². The van der Waals surface area contributed by atoms with Gasteiger partial charge in [0, 0.05) is 12.1 Å². The number of hydrogen-bond acceptors (Lipinski definition) is 8. The summed E-state index contributed by atoms with van der Waals surface area (Å²) < 4.78 is 24.1. The molecule has 0 aliphatic carbocycles. The van der Waals surface area contributed by atoms with E-state index in [0.717, 1.165) is 17.0 Å². The molecule has 0 unspecified atom stereocenters. The average molecular weight is 583 g/mol. The number of methoxy groups -OCH3 is 3. The molecule has 0 aliphatic heterocycles. The number of rotatable bonds is 12. The van der Waals surface area contributed by atoms with E-state index in [2.05, 4.69) is 15.5 Å². The van der Waals surface area contributed by atoms with Crippen LogP contribution in [0.3, 0.4) is 0 Å². The van der Waals surface area contributed by atoms with E-state index < -0.39 is 0 Å². The molecule has 1 N–H and O–H groups in total. The first-order valence-electron chi connectivity index (χ1n) is 13.1. The predicted octanol–water partition coefficient (Wildman–Crippen LogP) is 6.41. The van der Waals surface area contributed by atoms with Gasteiger partial charge in [-0.15, -0.1) is 10.2 Å². The minimum Gasteiger partial charge on any atom is -0.495 e. The summed E-state index contributed by atoms with van der Waals surface area (Å²) in [6.45, 7) is 0. The van der Waals surface area contributed by atoms with Crippen LogP contribution in [-0.4, -0.2) is 47.8 Å². The molecular formula is C32H30N4O5S. The van der Waals surface area contributed by atoms with Crippen LogP contribution in [0.4, 0.5) is 5.69 Å². The van der Waals surface area contributed by atoms with Crippen LogP contribution in [0, 0.1) is 0 Å². The van der Waals surface area contributed by atoms with Gasteiger partial charge in [-0.25, -0.2) is 0 Å². The summed E-state index contributed by atoms with van der Waals surface area (Å²) >= 11 is 1.30. The van der Waals surface area contributed by atoms with E-state index in [1.807, 2.05) is 89.5 Å². The van der Waals surface area contributed by atoms with Crippen molar-refractivity contribution in [3.05, 3.63) is 108 Å². The molecule has 0 atom stereocenters. The molecule has 0 saturated heterocycles. The number of carbonyl (C=O) groups is 1. The van der Waals surface area contributed by atoms with Gasteiger partial charge >= 0.3 is 0 Å². The van der Waals surface area contributed by atoms with Crippen molar-refractivity contribution in [2.45, 2.75) is 11.6 Å². The Morgan fingerprint density at radius 2 is 1.45 bits per heavy atom. The van der Waals surface area contributed by atoms with Gasteiger partial charge < -0.3 is 24.3 Å². The van der Waals surface area contributed by atoms with Crippen molar-refractivity contribution in [1.82, 2.24) is 14.8 Å². The summed E-state index contributed by atoms with van der Waals surface area (Å²) in [4.78, 5) is 12.9. The first kappa shape index (κ1) is 28.6. The Kier molecular flexibility index (Phi) is 9.25. The van der Waals surface area contributed by atoms with Crippen LogP contribution in [0.5, 0.6) is 28.7 Å². The molecule has 0 bridgehead atoms. The number of carbonyl (C=O) groups excluding carboxylic acids is 1. The van der Waals surface area contributed by atoms with E-state index in [0.29, 0.717) is 46.1 Å². The third-order valence-corrected chi connectivity index (χ3v) is 7.23. The highest BCUT2D eigenvalue weighted by atomic mass is 32.2. The number of nitrogens with one attached hydrogen (secondary N) is 1. The molecule has 1 aromatic heterocycles. The molecule has 0 saturated carbocycles. The van der Waals surface area contributed by atoms with Crippen LogP contribution in [0.25, 0.3) is 5.69 Å². The molecule has 0 fully saturated rings. The van der Waals surface area contributed by atoms with E-state index in [9.17, 15) is 4.79 Å². The second-order valence-corrected chi connectivity index (χ2v) is 9.99. The highest BCUT2D eigenvalue weighted by molar-refractivity contribution is 7.99. The van der Waals surface area contributed by atoms with Gasteiger partial charge in [-0.2, -0.15) is 0 Å². The zero-order valence-corrected chi connectivity index (χ0v) is 24.3. The van der Waals surface area contributed by atoms with Gasteiger partial charge in [0.1, 0.15) is 23.1 Å². The van der Waals surface area contributed by atoms with E-state index in [1.165, 1.54) is 11.8 Å². The number of para-hydroxylation sites is 3. The summed E-state index contributed by atoms with van der Waals surface area (Å²) in [5.41, 5.74) is 2.41. The Bertz CT molecular complexity index is 1640. The fourth-order valence-corrected chi connectivity index (χ4v) is 5.06. The minimum atomic E-state index is -0.188. The number of benzene rings is 4. The van der Waals surface area contributed by atoms with Gasteiger partial charge in [0.2, 0.25) is 5.91 Å². The molecule has 5 aromatic rings. The Labute approximate surface area is 248 Å². The maximum atomic E-state index is 12.9. The monoisotopic (exact) mass is 582 g/mol. The Hall–Kier alpha value is -4.96. The maximum absolute atomic E-state index is 12.9. The van der Waals surface area contributed by atoms with E-state index in [1.54, 1.807) is 33.5 Å². The lowest BCUT2D eigenvalue weighted by Crippen LogP contribution is -2.15. The van der Waals surface area contributed by atoms with Crippen molar-refractivity contribution in [1.29, 1.82) is 0 Å². The quantitative estimate of drug-likeness (QED) is 0.169. The molecule has 214 valence electrons. The first-order valence-corrected chi connectivity index (χ1v) is 14.1. The van der Waals surface area contributed by atoms with Crippen molar-refractivity contribution in [3.63, 3.8) is 0 Å². The maximum Gasteiger partial charge on any atom is 0.234 e. The van der Waals surface area contributed by atoms with E-state index in [4.69, 9.17) is 18.9 Å². The number of aromatic nitrogens is 3. The van der Waals surface area contributed by atoms with Crippen LogP contribution < -0.4 is 24.3 Å². The van der Waals surface area contributed by atoms with Gasteiger partial charge in [-0.05, 0) is 66.2 Å². The Morgan fingerprint density at radius 1 is 0.762 bits per heavy atom. The van der Waals surface area contributed by atoms with Gasteiger partial charge in [-0.3, -0.25) is 9.36 Å². The molecule has 9 nitrogen and oxygen atoms in total. The van der Waals surface area contributed by atoms with Crippen molar-refractivity contribution in [3.8, 4) is 34.4 Å². The second kappa shape index (κ2) is 13.6. The molecule has 1 heterocycles. The number of amides is 1. The van der Waals surface area contributed by atoms with Crippen LogP contribution in [0.2, 0.25) is 0 Å². The largest absolute Gasteiger partial charge is 0.495 e. The van der Waals surface area contributed by atoms with Gasteiger partial charge in [0.05, 0.1) is 32.8 Å². The number of ether oxygens (including phenoxy) is 4. The number of thioether (sulfide) groups is 1. The summed E-state index contributed by atoms with van der Waals surface area (Å²) in [6.07, 6.45) is 0.476. The minimum absolute atomic E-state index is 0.127. The highest BCUT2D eigenvalue weighted by Gasteiger charge is 2.18. The van der Waals surface area contributed by atoms with Gasteiger partial charge in [-0.1, -0.05) is 48.2 Å². The molecule has 4 aromatic carbocycles. The molecule has 0 aliphatic rings. The molecule has 1 amide bonds. The summed E-state index contributed by atoms with van der Waals surface area (Å²) in [5, 5.41) is 12.4. The van der Waals surface area contributed by atoms with Crippen LogP contribution in [-0.2, 0) is 11.2 Å². The summed E-state index contributed by atoms with van der Waals surface area (Å²) in [7, 11) is 4.78. The molecule has 5 rings (SSSR count). The van der Waals surface area contributed by atoms with E-state index in [-0.39, 0.29) is 11.7 Å². The molecule has 0 spiro atoms. The SMILES string of the molecule is COc1ccccc1NC(=O)CSc1nnc(Cc2ccc(OC)c(OC)c2)n1-c1ccc(Oc2ccccc2)cc1. The number of hydrogen-bond donors (Lipinski definition) is 1. The fourth-order valence-electron chi connectivity index (χ4n) is 4.29. The van der Waals surface area contributed by atoms with Crippen molar-refractivity contribution in [2.24, 2.45) is 0 Å². The van der Waals surface area contributed by atoms with Gasteiger partial charge in [0.25, 0.3) is 0 Å². The van der Waals surface area contributed by atoms with E-state index >= 15 is 0 Å². The molecule has 10 heteroatoms. The zero-order valence-electron chi connectivity index (χ0n) is 23.4. The number of nitrogens with zero attached hydrogens (tertiary/aromatic N) is 3. The lowest BCUT2D eigenvalue weighted by Gasteiger charge is -2.13. The summed E-state index contributed by atoms with van der Waals surface area (Å²) in [6, 6.07) is 30.3. The smallest absolute Gasteiger partial charge is 0.234 e. The highest BCUT2D eigenvalue weighted by Crippen LogP contribution is 2.31. The van der Waals surface area contributed by atoms with Crippen molar-refractivity contribution >= 4 is 23.4 Å². The summed E-state index contributed by atoms with van der Waals surface area (Å²) in [5.74, 6) is 3.96. The third-order valence-electron chi connectivity index (χ3n) is 6.30. The lowest BCUT2D eigenvalue weighted by molar-refractivity contribution is -0.113. The first-order chi connectivity index (χ1) is 20.6. The molecule has 0 radical (unpaired) electrons. The Balaban J connectivity index is 1.40. The Morgan fingerprint density at radius 3 is 2.19 bits per heavy atom. The van der Waals surface area contributed by atoms with Gasteiger partial charge in [0.15, 0.2) is 16.7 Å². The number of anilines is 1. The predicted molar refractivity (Wildman–Crippen MR) is 163 cm³/mol. The van der Waals surface area contributed by atoms with Crippen LogP contribution in [0.15, 0.2) is 102 Å². The van der Waals surface area contributed by atoms with Crippen molar-refractivity contribution < 1.29 is 23.7 Å².